The Bertz CT molecular complexity index is 1360. The molecule has 0 aliphatic carbocycles. The Morgan fingerprint density at radius 3 is 2.61 bits per heavy atom. The smallest absolute Gasteiger partial charge is 0.270 e. The summed E-state index contributed by atoms with van der Waals surface area (Å²) in [6, 6.07) is 14.4. The van der Waals surface area contributed by atoms with Crippen molar-refractivity contribution < 1.29 is 23.7 Å². The molecule has 3 aromatic carbocycles. The second kappa shape index (κ2) is 9.76. The van der Waals surface area contributed by atoms with Gasteiger partial charge >= 0.3 is 0 Å². The molecule has 0 fully saturated rings. The van der Waals surface area contributed by atoms with E-state index in [1.54, 1.807) is 18.2 Å². The number of methoxy groups -OCH3 is 1. The standard InChI is InChI=1S/C26H26N3O6P/c1-15-3-4-23-18(5-15)9-20-12-27-22-11-25(24(33-2)10-21(22)26(30)28(20)23)34-13-16-6-17(14-35-36)8-19(7-16)29(31)32/h3-8,10-11,20,27H,9,12-14,36H2,1-2H3/t20-/m0/s1. The highest BCUT2D eigenvalue weighted by Crippen LogP contribution is 2.41. The minimum absolute atomic E-state index is 0.0132. The first kappa shape index (κ1) is 24.0. The van der Waals surface area contributed by atoms with E-state index in [2.05, 4.69) is 27.8 Å². The van der Waals surface area contributed by atoms with Gasteiger partial charge in [-0.05, 0) is 48.2 Å². The third kappa shape index (κ3) is 4.47. The van der Waals surface area contributed by atoms with Crippen LogP contribution >= 0.6 is 9.47 Å². The molecule has 36 heavy (non-hydrogen) atoms. The lowest BCUT2D eigenvalue weighted by atomic mass is 10.1. The number of hydrogen-bond acceptors (Lipinski definition) is 7. The first-order chi connectivity index (χ1) is 17.4. The van der Waals surface area contributed by atoms with Gasteiger partial charge in [-0.25, -0.2) is 0 Å². The lowest BCUT2D eigenvalue weighted by Crippen LogP contribution is -2.39. The zero-order valence-corrected chi connectivity index (χ0v) is 21.1. The van der Waals surface area contributed by atoms with Crippen LogP contribution in [0.25, 0.3) is 0 Å². The molecule has 9 nitrogen and oxygen atoms in total. The van der Waals surface area contributed by atoms with Gasteiger partial charge in [0.1, 0.15) is 6.61 Å². The van der Waals surface area contributed by atoms with Gasteiger partial charge < -0.3 is 24.2 Å². The number of carbonyl (C=O) groups is 1. The maximum atomic E-state index is 13.6. The fourth-order valence-corrected chi connectivity index (χ4v) is 5.07. The van der Waals surface area contributed by atoms with Crippen LogP contribution in [0.1, 0.15) is 32.6 Å². The van der Waals surface area contributed by atoms with Gasteiger partial charge in [0, 0.05) is 39.9 Å². The molecule has 0 saturated heterocycles. The summed E-state index contributed by atoms with van der Waals surface area (Å²) < 4.78 is 16.6. The molecule has 0 aromatic heterocycles. The maximum Gasteiger partial charge on any atom is 0.270 e. The van der Waals surface area contributed by atoms with E-state index in [-0.39, 0.29) is 30.9 Å². The van der Waals surface area contributed by atoms with Crippen molar-refractivity contribution in [1.82, 2.24) is 0 Å². The van der Waals surface area contributed by atoms with Gasteiger partial charge in [-0.15, -0.1) is 0 Å². The number of benzene rings is 3. The van der Waals surface area contributed by atoms with Crippen LogP contribution in [0.2, 0.25) is 0 Å². The summed E-state index contributed by atoms with van der Waals surface area (Å²) in [4.78, 5) is 26.4. The number of carbonyl (C=O) groups excluding carboxylic acids is 1. The largest absolute Gasteiger partial charge is 0.493 e. The minimum atomic E-state index is -0.444. The van der Waals surface area contributed by atoms with E-state index in [0.29, 0.717) is 40.4 Å². The summed E-state index contributed by atoms with van der Waals surface area (Å²) in [6.45, 7) is 2.95. The third-order valence-corrected chi connectivity index (χ3v) is 6.66. The normalized spacial score (nSPS) is 15.9. The molecule has 2 aliphatic heterocycles. The number of nitro benzene ring substituents is 1. The van der Waals surface area contributed by atoms with Crippen molar-refractivity contribution in [2.45, 2.75) is 32.6 Å². The van der Waals surface area contributed by atoms with E-state index < -0.39 is 4.92 Å². The van der Waals surface area contributed by atoms with Crippen molar-refractivity contribution in [1.29, 1.82) is 0 Å². The highest BCUT2D eigenvalue weighted by Gasteiger charge is 2.37. The molecule has 2 atom stereocenters. The van der Waals surface area contributed by atoms with Crippen molar-refractivity contribution in [3.05, 3.63) is 86.5 Å². The van der Waals surface area contributed by atoms with Gasteiger partial charge in [0.05, 0.1) is 35.9 Å². The molecule has 0 bridgehead atoms. The summed E-state index contributed by atoms with van der Waals surface area (Å²) in [5.74, 6) is 0.753. The molecule has 3 aromatic rings. The number of rotatable bonds is 7. The Hall–Kier alpha value is -3.68. The number of amides is 1. The second-order valence-corrected chi connectivity index (χ2v) is 9.29. The fourth-order valence-electron chi connectivity index (χ4n) is 4.88. The number of ether oxygens (including phenoxy) is 2. The van der Waals surface area contributed by atoms with Gasteiger partial charge in [0.15, 0.2) is 11.5 Å². The maximum absolute atomic E-state index is 13.6. The van der Waals surface area contributed by atoms with Crippen LogP contribution in [0, 0.1) is 17.0 Å². The molecule has 1 amide bonds. The topological polar surface area (TPSA) is 103 Å². The molecule has 186 valence electrons. The van der Waals surface area contributed by atoms with Crippen molar-refractivity contribution in [3.63, 3.8) is 0 Å². The first-order valence-electron chi connectivity index (χ1n) is 11.5. The van der Waals surface area contributed by atoms with Gasteiger partial charge in [-0.3, -0.25) is 14.9 Å². The van der Waals surface area contributed by atoms with Crippen LogP contribution in [-0.4, -0.2) is 30.5 Å². The summed E-state index contributed by atoms with van der Waals surface area (Å²) >= 11 is 0. The van der Waals surface area contributed by atoms with E-state index in [1.165, 1.54) is 30.4 Å². The summed E-state index contributed by atoms with van der Waals surface area (Å²) in [6.07, 6.45) is 0.791. The Morgan fingerprint density at radius 2 is 1.89 bits per heavy atom. The number of fused-ring (bicyclic) bond motifs is 4. The van der Waals surface area contributed by atoms with Gasteiger partial charge in [0.25, 0.3) is 11.6 Å². The minimum Gasteiger partial charge on any atom is -0.493 e. The van der Waals surface area contributed by atoms with Crippen molar-refractivity contribution in [2.75, 3.05) is 23.9 Å². The van der Waals surface area contributed by atoms with Crippen LogP contribution in [-0.2, 0) is 24.2 Å². The summed E-state index contributed by atoms with van der Waals surface area (Å²) in [7, 11) is 3.65. The highest BCUT2D eigenvalue weighted by atomic mass is 31.0. The number of hydrogen-bond donors (Lipinski definition) is 1. The molecular weight excluding hydrogens is 481 g/mol. The van der Waals surface area contributed by atoms with Gasteiger partial charge in [-0.1, -0.05) is 17.7 Å². The molecular formula is C26H26N3O6P. The summed E-state index contributed by atoms with van der Waals surface area (Å²) in [5.41, 5.74) is 5.71. The number of anilines is 2. The molecule has 5 rings (SSSR count). The Morgan fingerprint density at radius 1 is 1.11 bits per heavy atom. The SMILES string of the molecule is COc1cc2c(cc1OCc1cc(COP)cc([N+](=O)[O-])c1)NC[C@@H]1Cc3cc(C)ccc3N1C2=O. The van der Waals surface area contributed by atoms with E-state index in [0.717, 1.165) is 12.1 Å². The van der Waals surface area contributed by atoms with Gasteiger partial charge in [-0.2, -0.15) is 0 Å². The molecule has 1 unspecified atom stereocenters. The lowest BCUT2D eigenvalue weighted by Gasteiger charge is -2.23. The zero-order chi connectivity index (χ0) is 25.4. The summed E-state index contributed by atoms with van der Waals surface area (Å²) in [5, 5.41) is 14.7. The lowest BCUT2D eigenvalue weighted by molar-refractivity contribution is -0.385. The van der Waals surface area contributed by atoms with Crippen LogP contribution in [0.5, 0.6) is 11.5 Å². The van der Waals surface area contributed by atoms with E-state index in [1.807, 2.05) is 17.0 Å². The van der Waals surface area contributed by atoms with Crippen molar-refractivity contribution >= 4 is 32.4 Å². The quantitative estimate of drug-likeness (QED) is 0.279. The number of nitrogens with one attached hydrogen (secondary N) is 1. The van der Waals surface area contributed by atoms with Crippen LogP contribution in [0.15, 0.2) is 48.5 Å². The van der Waals surface area contributed by atoms with E-state index in [4.69, 9.17) is 14.0 Å². The molecule has 1 N–H and O–H groups in total. The Kier molecular flexibility index (Phi) is 6.51. The van der Waals surface area contributed by atoms with Gasteiger partial charge in [0.2, 0.25) is 0 Å². The van der Waals surface area contributed by atoms with Crippen LogP contribution in [0.3, 0.4) is 0 Å². The number of nitro groups is 1. The molecule has 2 heterocycles. The third-order valence-electron chi connectivity index (χ3n) is 6.49. The second-order valence-electron chi connectivity index (χ2n) is 8.96. The predicted octanol–water partition coefficient (Wildman–Crippen LogP) is 4.79. The Labute approximate surface area is 210 Å². The molecule has 2 aliphatic rings. The van der Waals surface area contributed by atoms with Crippen LogP contribution in [0.4, 0.5) is 17.1 Å². The average molecular weight is 507 g/mol. The zero-order valence-electron chi connectivity index (χ0n) is 19.9. The molecule has 0 radical (unpaired) electrons. The van der Waals surface area contributed by atoms with E-state index in [9.17, 15) is 14.9 Å². The Balaban J connectivity index is 1.44. The first-order valence-corrected chi connectivity index (χ1v) is 12.0. The fraction of sp³-hybridized carbons (Fsp3) is 0.269. The number of non-ortho nitro benzene ring substituents is 1. The monoisotopic (exact) mass is 507 g/mol. The molecule has 0 saturated carbocycles. The van der Waals surface area contributed by atoms with Crippen molar-refractivity contribution in [3.8, 4) is 11.5 Å². The molecule has 10 heteroatoms. The van der Waals surface area contributed by atoms with Crippen molar-refractivity contribution in [2.24, 2.45) is 0 Å². The molecule has 0 spiro atoms. The highest BCUT2D eigenvalue weighted by molar-refractivity contribution is 7.09. The predicted molar refractivity (Wildman–Crippen MR) is 139 cm³/mol. The average Bonchev–Trinajstić information content (AvgIpc) is 3.16. The number of nitrogens with zero attached hydrogens (tertiary/aromatic N) is 2. The van der Waals surface area contributed by atoms with Crippen LogP contribution < -0.4 is 19.7 Å². The number of aryl methyl sites for hydroxylation is 1. The van der Waals surface area contributed by atoms with E-state index >= 15 is 0 Å².